The quantitative estimate of drug-likeness (QED) is 0.767. The number of nitrogens with one attached hydrogen (secondary N) is 1. The lowest BCUT2D eigenvalue weighted by atomic mass is 10.0. The molecule has 19 heavy (non-hydrogen) atoms. The SMILES string of the molecule is CCNC(CCN(CC)CC)c1ccc(Cl)c(Cl)c1. The van der Waals surface area contributed by atoms with Crippen molar-refractivity contribution in [3.63, 3.8) is 0 Å². The van der Waals surface area contributed by atoms with Crippen LogP contribution in [0.3, 0.4) is 0 Å². The van der Waals surface area contributed by atoms with Crippen LogP contribution in [0.25, 0.3) is 0 Å². The third-order valence-electron chi connectivity index (χ3n) is 3.42. The van der Waals surface area contributed by atoms with Crippen molar-refractivity contribution in [3.05, 3.63) is 33.8 Å². The average Bonchev–Trinajstić information content (AvgIpc) is 2.42. The van der Waals surface area contributed by atoms with E-state index in [1.54, 1.807) is 0 Å². The van der Waals surface area contributed by atoms with E-state index in [-0.39, 0.29) is 0 Å². The molecule has 1 aromatic rings. The molecule has 0 aliphatic rings. The van der Waals surface area contributed by atoms with Crippen LogP contribution >= 0.6 is 23.2 Å². The highest BCUT2D eigenvalue weighted by molar-refractivity contribution is 6.42. The third-order valence-corrected chi connectivity index (χ3v) is 4.16. The number of nitrogens with zero attached hydrogens (tertiary/aromatic N) is 1. The van der Waals surface area contributed by atoms with Gasteiger partial charge in [-0.3, -0.25) is 0 Å². The molecule has 4 heteroatoms. The van der Waals surface area contributed by atoms with Crippen LogP contribution in [-0.4, -0.2) is 31.1 Å². The third kappa shape index (κ3) is 5.31. The van der Waals surface area contributed by atoms with Crippen LogP contribution in [0.1, 0.15) is 38.8 Å². The van der Waals surface area contributed by atoms with Crippen molar-refractivity contribution in [3.8, 4) is 0 Å². The number of benzene rings is 1. The molecule has 0 saturated carbocycles. The topological polar surface area (TPSA) is 15.3 Å². The molecule has 0 amide bonds. The zero-order chi connectivity index (χ0) is 14.3. The Morgan fingerprint density at radius 1 is 1.11 bits per heavy atom. The molecule has 0 radical (unpaired) electrons. The molecule has 1 rings (SSSR count). The van der Waals surface area contributed by atoms with Crippen molar-refractivity contribution < 1.29 is 0 Å². The van der Waals surface area contributed by atoms with Crippen LogP contribution in [0.4, 0.5) is 0 Å². The number of rotatable bonds is 8. The summed E-state index contributed by atoms with van der Waals surface area (Å²) in [6, 6.07) is 6.24. The molecular formula is C15H24Cl2N2. The van der Waals surface area contributed by atoms with Gasteiger partial charge in [0.2, 0.25) is 0 Å². The largest absolute Gasteiger partial charge is 0.310 e. The van der Waals surface area contributed by atoms with Crippen molar-refractivity contribution >= 4 is 23.2 Å². The second-order valence-electron chi connectivity index (χ2n) is 4.60. The lowest BCUT2D eigenvalue weighted by Crippen LogP contribution is -2.29. The predicted molar refractivity (Wildman–Crippen MR) is 85.3 cm³/mol. The van der Waals surface area contributed by atoms with E-state index in [0.29, 0.717) is 16.1 Å². The van der Waals surface area contributed by atoms with E-state index < -0.39 is 0 Å². The molecule has 1 N–H and O–H groups in total. The fourth-order valence-corrected chi connectivity index (χ4v) is 2.52. The molecule has 0 spiro atoms. The van der Waals surface area contributed by atoms with Gasteiger partial charge in [0.15, 0.2) is 0 Å². The summed E-state index contributed by atoms with van der Waals surface area (Å²) in [4.78, 5) is 2.43. The minimum atomic E-state index is 0.334. The molecule has 0 bridgehead atoms. The van der Waals surface area contributed by atoms with Gasteiger partial charge in [-0.2, -0.15) is 0 Å². The smallest absolute Gasteiger partial charge is 0.0595 e. The van der Waals surface area contributed by atoms with E-state index in [4.69, 9.17) is 23.2 Å². The van der Waals surface area contributed by atoms with Crippen molar-refractivity contribution in [2.75, 3.05) is 26.2 Å². The number of halogens is 2. The zero-order valence-electron chi connectivity index (χ0n) is 12.0. The van der Waals surface area contributed by atoms with Crippen molar-refractivity contribution in [2.45, 2.75) is 33.2 Å². The standard InChI is InChI=1S/C15H24Cl2N2/c1-4-18-15(9-10-19(5-2)6-3)12-7-8-13(16)14(17)11-12/h7-8,11,15,18H,4-6,9-10H2,1-3H3. The first-order chi connectivity index (χ1) is 9.12. The lowest BCUT2D eigenvalue weighted by Gasteiger charge is -2.24. The highest BCUT2D eigenvalue weighted by atomic mass is 35.5. The average molecular weight is 303 g/mol. The van der Waals surface area contributed by atoms with E-state index >= 15 is 0 Å². The maximum atomic E-state index is 6.11. The molecule has 0 aliphatic carbocycles. The Kier molecular flexibility index (Phi) is 7.77. The highest BCUT2D eigenvalue weighted by Gasteiger charge is 2.13. The van der Waals surface area contributed by atoms with Gasteiger partial charge in [-0.25, -0.2) is 0 Å². The van der Waals surface area contributed by atoms with Crippen LogP contribution < -0.4 is 5.32 Å². The molecule has 0 heterocycles. The highest BCUT2D eigenvalue weighted by Crippen LogP contribution is 2.27. The normalized spacial score (nSPS) is 12.9. The molecule has 0 aliphatic heterocycles. The summed E-state index contributed by atoms with van der Waals surface area (Å²) in [5.74, 6) is 0. The van der Waals surface area contributed by atoms with Gasteiger partial charge in [0.05, 0.1) is 10.0 Å². The molecule has 0 aromatic heterocycles. The Bertz CT molecular complexity index is 378. The number of hydrogen-bond donors (Lipinski definition) is 1. The molecule has 108 valence electrons. The Labute approximate surface area is 127 Å². The Morgan fingerprint density at radius 3 is 2.32 bits per heavy atom. The fourth-order valence-electron chi connectivity index (χ4n) is 2.21. The summed E-state index contributed by atoms with van der Waals surface area (Å²) >= 11 is 12.1. The van der Waals surface area contributed by atoms with Gasteiger partial charge >= 0.3 is 0 Å². The molecule has 1 atom stereocenters. The Balaban J connectivity index is 2.73. The first kappa shape index (κ1) is 16.8. The Morgan fingerprint density at radius 2 is 1.79 bits per heavy atom. The molecule has 1 aromatic carbocycles. The van der Waals surface area contributed by atoms with E-state index in [1.165, 1.54) is 5.56 Å². The van der Waals surface area contributed by atoms with Gasteiger partial charge in [-0.15, -0.1) is 0 Å². The molecular weight excluding hydrogens is 279 g/mol. The van der Waals surface area contributed by atoms with Crippen LogP contribution in [0.2, 0.25) is 10.0 Å². The summed E-state index contributed by atoms with van der Waals surface area (Å²) in [6.45, 7) is 10.7. The van der Waals surface area contributed by atoms with Crippen LogP contribution in [0, 0.1) is 0 Å². The molecule has 0 saturated heterocycles. The van der Waals surface area contributed by atoms with E-state index in [1.807, 2.05) is 12.1 Å². The summed E-state index contributed by atoms with van der Waals surface area (Å²) in [6.07, 6.45) is 1.08. The van der Waals surface area contributed by atoms with Gasteiger partial charge in [0.25, 0.3) is 0 Å². The minimum Gasteiger partial charge on any atom is -0.310 e. The second kappa shape index (κ2) is 8.80. The van der Waals surface area contributed by atoms with E-state index in [9.17, 15) is 0 Å². The van der Waals surface area contributed by atoms with Crippen LogP contribution in [0.15, 0.2) is 18.2 Å². The van der Waals surface area contributed by atoms with Gasteiger partial charge in [0, 0.05) is 6.04 Å². The minimum absolute atomic E-state index is 0.334. The second-order valence-corrected chi connectivity index (χ2v) is 5.41. The molecule has 2 nitrogen and oxygen atoms in total. The van der Waals surface area contributed by atoms with Crippen molar-refractivity contribution in [1.82, 2.24) is 10.2 Å². The maximum Gasteiger partial charge on any atom is 0.0595 e. The Hall–Kier alpha value is -0.280. The van der Waals surface area contributed by atoms with E-state index in [0.717, 1.165) is 32.6 Å². The summed E-state index contributed by atoms with van der Waals surface area (Å²) in [5, 5.41) is 4.77. The lowest BCUT2D eigenvalue weighted by molar-refractivity contribution is 0.282. The van der Waals surface area contributed by atoms with E-state index in [2.05, 4.69) is 37.1 Å². The fraction of sp³-hybridized carbons (Fsp3) is 0.600. The van der Waals surface area contributed by atoms with Gasteiger partial charge < -0.3 is 10.2 Å². The van der Waals surface area contributed by atoms with Crippen LogP contribution in [-0.2, 0) is 0 Å². The maximum absolute atomic E-state index is 6.11. The number of hydrogen-bond acceptors (Lipinski definition) is 2. The van der Waals surface area contributed by atoms with Crippen molar-refractivity contribution in [1.29, 1.82) is 0 Å². The van der Waals surface area contributed by atoms with Gasteiger partial charge in [0.1, 0.15) is 0 Å². The first-order valence-corrected chi connectivity index (χ1v) is 7.78. The summed E-state index contributed by atoms with van der Waals surface area (Å²) < 4.78 is 0. The predicted octanol–water partition coefficient (Wildman–Crippen LogP) is 4.38. The van der Waals surface area contributed by atoms with Crippen LogP contribution in [0.5, 0.6) is 0 Å². The first-order valence-electron chi connectivity index (χ1n) is 7.03. The molecule has 0 fully saturated rings. The summed E-state index contributed by atoms with van der Waals surface area (Å²) in [7, 11) is 0. The van der Waals surface area contributed by atoms with Gasteiger partial charge in [-0.1, -0.05) is 50.0 Å². The van der Waals surface area contributed by atoms with Crippen molar-refractivity contribution in [2.24, 2.45) is 0 Å². The molecule has 1 unspecified atom stereocenters. The monoisotopic (exact) mass is 302 g/mol. The zero-order valence-corrected chi connectivity index (χ0v) is 13.6. The van der Waals surface area contributed by atoms with Gasteiger partial charge in [-0.05, 0) is 50.3 Å². The summed E-state index contributed by atoms with van der Waals surface area (Å²) in [5.41, 5.74) is 1.21.